The zero-order valence-electron chi connectivity index (χ0n) is 9.82. The molecule has 0 unspecified atom stereocenters. The number of fused-ring (bicyclic) bond motifs is 1. The molecule has 90 valence electrons. The molecular formula is C13H15ClN2O. The minimum Gasteiger partial charge on any atom is -0.477 e. The summed E-state index contributed by atoms with van der Waals surface area (Å²) >= 11 is 5.86. The van der Waals surface area contributed by atoms with E-state index in [0.29, 0.717) is 12.5 Å². The first-order valence-electron chi connectivity index (χ1n) is 5.86. The van der Waals surface area contributed by atoms with Crippen molar-refractivity contribution in [1.82, 2.24) is 9.97 Å². The maximum atomic E-state index is 5.86. The first-order chi connectivity index (χ1) is 8.31. The fourth-order valence-corrected chi connectivity index (χ4v) is 1.82. The lowest BCUT2D eigenvalue weighted by molar-refractivity contribution is 0.298. The van der Waals surface area contributed by atoms with Crippen molar-refractivity contribution >= 4 is 22.5 Å². The normalized spacial score (nSPS) is 10.7. The molecule has 1 heterocycles. The minimum atomic E-state index is 0.231. The third kappa shape index (κ3) is 3.07. The second-order valence-electron chi connectivity index (χ2n) is 3.87. The van der Waals surface area contributed by atoms with Gasteiger partial charge in [-0.25, -0.2) is 4.98 Å². The molecule has 0 spiro atoms. The third-order valence-electron chi connectivity index (χ3n) is 2.53. The largest absolute Gasteiger partial charge is 0.477 e. The Hall–Kier alpha value is -1.35. The van der Waals surface area contributed by atoms with Crippen molar-refractivity contribution in [3.05, 3.63) is 29.5 Å². The number of aromatic nitrogens is 2. The molecular weight excluding hydrogens is 236 g/mol. The molecule has 1 aromatic carbocycles. The van der Waals surface area contributed by atoms with Crippen molar-refractivity contribution in [1.29, 1.82) is 0 Å². The lowest BCUT2D eigenvalue weighted by Crippen LogP contribution is -2.00. The summed E-state index contributed by atoms with van der Waals surface area (Å²) in [5, 5.41) is 1.14. The number of rotatable bonds is 5. The van der Waals surface area contributed by atoms with Crippen molar-refractivity contribution in [2.45, 2.75) is 26.2 Å². The summed E-state index contributed by atoms with van der Waals surface area (Å²) < 4.78 is 5.67. The van der Waals surface area contributed by atoms with Crippen LogP contribution >= 0.6 is 11.6 Å². The van der Waals surface area contributed by atoms with Gasteiger partial charge in [0.05, 0.1) is 17.5 Å². The Morgan fingerprint density at radius 2 is 2.00 bits per heavy atom. The number of halogens is 1. The molecule has 1 aromatic heterocycles. The molecule has 0 atom stereocenters. The van der Waals surface area contributed by atoms with E-state index in [1.54, 1.807) is 0 Å². The Labute approximate surface area is 106 Å². The summed E-state index contributed by atoms with van der Waals surface area (Å²) in [6.45, 7) is 2.84. The molecule has 0 radical (unpaired) electrons. The summed E-state index contributed by atoms with van der Waals surface area (Å²) in [5.74, 6) is 0.580. The summed E-state index contributed by atoms with van der Waals surface area (Å²) in [6, 6.07) is 7.72. The van der Waals surface area contributed by atoms with Gasteiger partial charge in [0.1, 0.15) is 0 Å². The smallest absolute Gasteiger partial charge is 0.226 e. The van der Waals surface area contributed by atoms with E-state index in [-0.39, 0.29) is 5.28 Å². The van der Waals surface area contributed by atoms with Gasteiger partial charge in [-0.3, -0.25) is 0 Å². The SMILES string of the molecule is CCCCCOc1nc(Cl)nc2ccccc12. The standard InChI is InChI=1S/C13H15ClN2O/c1-2-3-6-9-17-12-10-7-4-5-8-11(10)15-13(14)16-12/h4-5,7-8H,2-3,6,9H2,1H3. The van der Waals surface area contributed by atoms with Crippen LogP contribution in [0.1, 0.15) is 26.2 Å². The van der Waals surface area contributed by atoms with Crippen LogP contribution in [-0.2, 0) is 0 Å². The van der Waals surface area contributed by atoms with E-state index in [1.165, 1.54) is 6.42 Å². The number of hydrogen-bond acceptors (Lipinski definition) is 3. The van der Waals surface area contributed by atoms with Gasteiger partial charge in [-0.05, 0) is 30.2 Å². The first-order valence-corrected chi connectivity index (χ1v) is 6.24. The fourth-order valence-electron chi connectivity index (χ4n) is 1.65. The van der Waals surface area contributed by atoms with E-state index in [0.717, 1.165) is 23.7 Å². The Balaban J connectivity index is 2.20. The highest BCUT2D eigenvalue weighted by Gasteiger charge is 2.06. The van der Waals surface area contributed by atoms with Crippen molar-refractivity contribution in [3.8, 4) is 5.88 Å². The average molecular weight is 251 g/mol. The molecule has 17 heavy (non-hydrogen) atoms. The van der Waals surface area contributed by atoms with Gasteiger partial charge < -0.3 is 4.74 Å². The van der Waals surface area contributed by atoms with E-state index < -0.39 is 0 Å². The van der Waals surface area contributed by atoms with Crippen molar-refractivity contribution < 1.29 is 4.74 Å². The van der Waals surface area contributed by atoms with Crippen LogP contribution < -0.4 is 4.74 Å². The Kier molecular flexibility index (Phi) is 4.15. The van der Waals surface area contributed by atoms with Gasteiger partial charge in [-0.15, -0.1) is 0 Å². The van der Waals surface area contributed by atoms with E-state index >= 15 is 0 Å². The van der Waals surface area contributed by atoms with E-state index in [1.807, 2.05) is 24.3 Å². The molecule has 0 saturated heterocycles. The molecule has 2 rings (SSSR count). The van der Waals surface area contributed by atoms with Crippen molar-refractivity contribution in [3.63, 3.8) is 0 Å². The van der Waals surface area contributed by atoms with Gasteiger partial charge in [0.15, 0.2) is 0 Å². The maximum absolute atomic E-state index is 5.86. The van der Waals surface area contributed by atoms with Gasteiger partial charge in [0.25, 0.3) is 0 Å². The average Bonchev–Trinajstić information content (AvgIpc) is 2.34. The molecule has 3 nitrogen and oxygen atoms in total. The number of benzene rings is 1. The summed E-state index contributed by atoms with van der Waals surface area (Å²) in [5.41, 5.74) is 0.818. The molecule has 0 N–H and O–H groups in total. The molecule has 0 fully saturated rings. The van der Waals surface area contributed by atoms with Crippen LogP contribution in [0.3, 0.4) is 0 Å². The molecule has 4 heteroatoms. The summed E-state index contributed by atoms with van der Waals surface area (Å²) in [7, 11) is 0. The number of unbranched alkanes of at least 4 members (excludes halogenated alkanes) is 2. The van der Waals surface area contributed by atoms with Crippen LogP contribution in [0.2, 0.25) is 5.28 Å². The van der Waals surface area contributed by atoms with Gasteiger partial charge >= 0.3 is 0 Å². The van der Waals surface area contributed by atoms with Crippen LogP contribution in [0.5, 0.6) is 5.88 Å². The zero-order valence-corrected chi connectivity index (χ0v) is 10.6. The number of hydrogen-bond donors (Lipinski definition) is 0. The van der Waals surface area contributed by atoms with E-state index in [2.05, 4.69) is 16.9 Å². The molecule has 0 aliphatic carbocycles. The highest BCUT2D eigenvalue weighted by Crippen LogP contribution is 2.23. The predicted molar refractivity (Wildman–Crippen MR) is 69.6 cm³/mol. The Bertz CT molecular complexity index is 502. The summed E-state index contributed by atoms with van der Waals surface area (Å²) in [6.07, 6.45) is 3.37. The van der Waals surface area contributed by atoms with Gasteiger partial charge in [-0.2, -0.15) is 4.98 Å². The minimum absolute atomic E-state index is 0.231. The van der Waals surface area contributed by atoms with E-state index in [9.17, 15) is 0 Å². The predicted octanol–water partition coefficient (Wildman–Crippen LogP) is 3.85. The topological polar surface area (TPSA) is 35.0 Å². The highest BCUT2D eigenvalue weighted by atomic mass is 35.5. The Morgan fingerprint density at radius 3 is 2.82 bits per heavy atom. The van der Waals surface area contributed by atoms with Crippen LogP contribution in [0.25, 0.3) is 10.9 Å². The fraction of sp³-hybridized carbons (Fsp3) is 0.385. The Morgan fingerprint density at radius 1 is 1.18 bits per heavy atom. The molecule has 2 aromatic rings. The van der Waals surface area contributed by atoms with Crippen LogP contribution in [0.15, 0.2) is 24.3 Å². The van der Waals surface area contributed by atoms with Crippen molar-refractivity contribution in [2.75, 3.05) is 6.61 Å². The zero-order chi connectivity index (χ0) is 12.1. The molecule has 0 amide bonds. The quantitative estimate of drug-likeness (QED) is 0.597. The lowest BCUT2D eigenvalue weighted by atomic mass is 10.2. The van der Waals surface area contributed by atoms with Gasteiger partial charge in [-0.1, -0.05) is 31.9 Å². The molecule has 0 bridgehead atoms. The third-order valence-corrected chi connectivity index (χ3v) is 2.70. The van der Waals surface area contributed by atoms with Gasteiger partial charge in [0, 0.05) is 0 Å². The number of nitrogens with zero attached hydrogens (tertiary/aromatic N) is 2. The first kappa shape index (κ1) is 12.1. The van der Waals surface area contributed by atoms with Crippen LogP contribution in [0, 0.1) is 0 Å². The van der Waals surface area contributed by atoms with Crippen LogP contribution in [-0.4, -0.2) is 16.6 Å². The lowest BCUT2D eigenvalue weighted by Gasteiger charge is -2.07. The summed E-state index contributed by atoms with van der Waals surface area (Å²) in [4.78, 5) is 8.29. The molecule has 0 aliphatic heterocycles. The monoisotopic (exact) mass is 250 g/mol. The van der Waals surface area contributed by atoms with Crippen molar-refractivity contribution in [2.24, 2.45) is 0 Å². The van der Waals surface area contributed by atoms with Gasteiger partial charge in [0.2, 0.25) is 11.2 Å². The van der Waals surface area contributed by atoms with E-state index in [4.69, 9.17) is 16.3 Å². The second kappa shape index (κ2) is 5.82. The number of para-hydroxylation sites is 1. The maximum Gasteiger partial charge on any atom is 0.226 e. The molecule has 0 aliphatic rings. The molecule has 0 saturated carbocycles. The highest BCUT2D eigenvalue weighted by molar-refractivity contribution is 6.28. The number of ether oxygens (including phenoxy) is 1. The second-order valence-corrected chi connectivity index (χ2v) is 4.21. The van der Waals surface area contributed by atoms with Crippen LogP contribution in [0.4, 0.5) is 0 Å².